The van der Waals surface area contributed by atoms with Gasteiger partial charge >= 0.3 is 0 Å². The van der Waals surface area contributed by atoms with Gasteiger partial charge in [0.1, 0.15) is 6.10 Å². The first-order valence-corrected chi connectivity index (χ1v) is 9.81. The Bertz CT molecular complexity index is 747. The molecule has 1 unspecified atom stereocenters. The zero-order valence-corrected chi connectivity index (χ0v) is 15.5. The predicted molar refractivity (Wildman–Crippen MR) is 99.0 cm³/mol. The van der Waals surface area contributed by atoms with Crippen molar-refractivity contribution < 1.29 is 14.1 Å². The van der Waals surface area contributed by atoms with Crippen LogP contribution in [-0.2, 0) is 17.8 Å². The second kappa shape index (κ2) is 8.63. The first kappa shape index (κ1) is 18.1. The van der Waals surface area contributed by atoms with Crippen molar-refractivity contribution in [2.75, 3.05) is 19.7 Å². The zero-order valence-electron chi connectivity index (χ0n) is 15.5. The van der Waals surface area contributed by atoms with E-state index in [4.69, 9.17) is 9.26 Å². The third kappa shape index (κ3) is 4.73. The number of carbonyl (C=O) groups is 1. The summed E-state index contributed by atoms with van der Waals surface area (Å²) in [6, 6.07) is 7.83. The van der Waals surface area contributed by atoms with Crippen LogP contribution in [-0.4, -0.2) is 40.6 Å². The molecule has 27 heavy (non-hydrogen) atoms. The molecule has 7 nitrogen and oxygen atoms in total. The van der Waals surface area contributed by atoms with Crippen LogP contribution in [0.25, 0.3) is 0 Å². The molecule has 0 spiro atoms. The predicted octanol–water partition coefficient (Wildman–Crippen LogP) is 2.84. The molecule has 1 atom stereocenters. The maximum Gasteiger partial charge on any atom is 0.255 e. The Morgan fingerprint density at radius 1 is 1.15 bits per heavy atom. The van der Waals surface area contributed by atoms with Crippen molar-refractivity contribution >= 4 is 5.91 Å². The molecule has 2 saturated heterocycles. The van der Waals surface area contributed by atoms with Gasteiger partial charge in [0.15, 0.2) is 5.82 Å². The number of nitrogens with one attached hydrogen (secondary N) is 1. The number of piperidine rings is 1. The van der Waals surface area contributed by atoms with E-state index in [1.165, 1.54) is 37.9 Å². The molecule has 1 N–H and O–H groups in total. The number of rotatable bonds is 6. The van der Waals surface area contributed by atoms with Gasteiger partial charge < -0.3 is 14.6 Å². The lowest BCUT2D eigenvalue weighted by Crippen LogP contribution is -2.29. The molecule has 0 radical (unpaired) electrons. The molecule has 2 aliphatic heterocycles. The van der Waals surface area contributed by atoms with Gasteiger partial charge in [0.2, 0.25) is 0 Å². The SMILES string of the molecule is O=C(NCc1noc(C2CCCO2)n1)c1ccc(CN2CCCCC2)cc1. The van der Waals surface area contributed by atoms with E-state index in [2.05, 4.69) is 20.4 Å². The molecular weight excluding hydrogens is 344 g/mol. The van der Waals surface area contributed by atoms with E-state index in [9.17, 15) is 4.79 Å². The summed E-state index contributed by atoms with van der Waals surface area (Å²) in [7, 11) is 0. The summed E-state index contributed by atoms with van der Waals surface area (Å²) >= 11 is 0. The highest BCUT2D eigenvalue weighted by Crippen LogP contribution is 2.26. The highest BCUT2D eigenvalue weighted by molar-refractivity contribution is 5.94. The van der Waals surface area contributed by atoms with Gasteiger partial charge in [0.05, 0.1) is 6.54 Å². The molecule has 2 aliphatic rings. The second-order valence-corrected chi connectivity index (χ2v) is 7.27. The minimum atomic E-state index is -0.136. The third-order valence-electron chi connectivity index (χ3n) is 5.17. The smallest absolute Gasteiger partial charge is 0.255 e. The molecule has 2 fully saturated rings. The minimum absolute atomic E-state index is 0.102. The van der Waals surface area contributed by atoms with Gasteiger partial charge in [-0.3, -0.25) is 9.69 Å². The van der Waals surface area contributed by atoms with E-state index >= 15 is 0 Å². The first-order valence-electron chi connectivity index (χ1n) is 9.81. The number of amides is 1. The molecule has 1 amide bonds. The highest BCUT2D eigenvalue weighted by atomic mass is 16.5. The Kier molecular flexibility index (Phi) is 5.79. The molecule has 0 saturated carbocycles. The number of nitrogens with zero attached hydrogens (tertiary/aromatic N) is 3. The molecule has 7 heteroatoms. The quantitative estimate of drug-likeness (QED) is 0.842. The van der Waals surface area contributed by atoms with Crippen molar-refractivity contribution in [1.29, 1.82) is 0 Å². The monoisotopic (exact) mass is 370 g/mol. The maximum atomic E-state index is 12.3. The molecule has 0 aliphatic carbocycles. The van der Waals surface area contributed by atoms with Gasteiger partial charge in [0, 0.05) is 18.7 Å². The topological polar surface area (TPSA) is 80.5 Å². The average molecular weight is 370 g/mol. The van der Waals surface area contributed by atoms with Crippen molar-refractivity contribution in [2.24, 2.45) is 0 Å². The minimum Gasteiger partial charge on any atom is -0.368 e. The van der Waals surface area contributed by atoms with E-state index in [0.717, 1.165) is 26.0 Å². The number of aromatic nitrogens is 2. The van der Waals surface area contributed by atoms with Crippen LogP contribution >= 0.6 is 0 Å². The van der Waals surface area contributed by atoms with Gasteiger partial charge in [-0.1, -0.05) is 23.7 Å². The normalized spacial score (nSPS) is 20.7. The number of benzene rings is 1. The summed E-state index contributed by atoms with van der Waals surface area (Å²) in [6.07, 6.45) is 5.71. The van der Waals surface area contributed by atoms with E-state index < -0.39 is 0 Å². The second-order valence-electron chi connectivity index (χ2n) is 7.27. The zero-order chi connectivity index (χ0) is 18.5. The van der Waals surface area contributed by atoms with Crippen LogP contribution in [0.3, 0.4) is 0 Å². The van der Waals surface area contributed by atoms with Gasteiger partial charge in [-0.2, -0.15) is 4.98 Å². The molecule has 1 aromatic carbocycles. The number of hydrogen-bond donors (Lipinski definition) is 1. The standard InChI is InChI=1S/C20H26N4O3/c25-19(21-13-18-22-20(27-23-18)17-5-4-12-26-17)16-8-6-15(7-9-16)14-24-10-2-1-3-11-24/h6-9,17H,1-5,10-14H2,(H,21,25). The molecule has 1 aromatic heterocycles. The largest absolute Gasteiger partial charge is 0.368 e. The lowest BCUT2D eigenvalue weighted by molar-refractivity contribution is 0.0835. The Hall–Kier alpha value is -2.25. The molecule has 4 rings (SSSR count). The van der Waals surface area contributed by atoms with Crippen LogP contribution in [0.15, 0.2) is 28.8 Å². The van der Waals surface area contributed by atoms with E-state index in [-0.39, 0.29) is 18.6 Å². The maximum absolute atomic E-state index is 12.3. The summed E-state index contributed by atoms with van der Waals surface area (Å²) < 4.78 is 10.8. The van der Waals surface area contributed by atoms with Crippen LogP contribution in [0.1, 0.15) is 65.8 Å². The van der Waals surface area contributed by atoms with Crippen molar-refractivity contribution in [3.63, 3.8) is 0 Å². The van der Waals surface area contributed by atoms with Crippen molar-refractivity contribution in [1.82, 2.24) is 20.4 Å². The van der Waals surface area contributed by atoms with Crippen LogP contribution in [0, 0.1) is 0 Å². The summed E-state index contributed by atoms with van der Waals surface area (Å²) in [5.74, 6) is 0.831. The molecular formula is C20H26N4O3. The Morgan fingerprint density at radius 3 is 2.70 bits per heavy atom. The summed E-state index contributed by atoms with van der Waals surface area (Å²) in [5, 5.41) is 6.76. The van der Waals surface area contributed by atoms with E-state index in [1.54, 1.807) is 0 Å². The lowest BCUT2D eigenvalue weighted by Gasteiger charge is -2.26. The number of carbonyl (C=O) groups excluding carboxylic acids is 1. The Balaban J connectivity index is 1.27. The Morgan fingerprint density at radius 2 is 1.96 bits per heavy atom. The van der Waals surface area contributed by atoms with Crippen LogP contribution in [0.5, 0.6) is 0 Å². The number of ether oxygens (including phenoxy) is 1. The fourth-order valence-electron chi connectivity index (χ4n) is 3.64. The highest BCUT2D eigenvalue weighted by Gasteiger charge is 2.23. The fourth-order valence-corrected chi connectivity index (χ4v) is 3.64. The summed E-state index contributed by atoms with van der Waals surface area (Å²) in [4.78, 5) is 19.1. The van der Waals surface area contributed by atoms with Crippen molar-refractivity contribution in [3.05, 3.63) is 47.1 Å². The third-order valence-corrected chi connectivity index (χ3v) is 5.17. The Labute approximate surface area is 159 Å². The van der Waals surface area contributed by atoms with Crippen molar-refractivity contribution in [3.8, 4) is 0 Å². The molecule has 3 heterocycles. The van der Waals surface area contributed by atoms with E-state index in [0.29, 0.717) is 17.3 Å². The first-order chi connectivity index (χ1) is 13.3. The summed E-state index contributed by atoms with van der Waals surface area (Å²) in [5.41, 5.74) is 1.88. The van der Waals surface area contributed by atoms with Crippen LogP contribution in [0.2, 0.25) is 0 Å². The summed E-state index contributed by atoms with van der Waals surface area (Å²) in [6.45, 7) is 4.26. The molecule has 144 valence electrons. The number of hydrogen-bond acceptors (Lipinski definition) is 6. The van der Waals surface area contributed by atoms with Gasteiger partial charge in [-0.05, 0) is 56.5 Å². The number of likely N-dealkylation sites (tertiary alicyclic amines) is 1. The van der Waals surface area contributed by atoms with Gasteiger partial charge in [-0.25, -0.2) is 0 Å². The van der Waals surface area contributed by atoms with Gasteiger partial charge in [0.25, 0.3) is 11.8 Å². The van der Waals surface area contributed by atoms with Crippen LogP contribution < -0.4 is 5.32 Å². The lowest BCUT2D eigenvalue weighted by atomic mass is 10.1. The van der Waals surface area contributed by atoms with E-state index in [1.807, 2.05) is 24.3 Å². The van der Waals surface area contributed by atoms with Gasteiger partial charge in [-0.15, -0.1) is 0 Å². The average Bonchev–Trinajstić information content (AvgIpc) is 3.39. The molecule has 2 aromatic rings. The molecule has 0 bridgehead atoms. The van der Waals surface area contributed by atoms with Crippen LogP contribution in [0.4, 0.5) is 0 Å². The van der Waals surface area contributed by atoms with Crippen molar-refractivity contribution in [2.45, 2.75) is 51.3 Å². The fraction of sp³-hybridized carbons (Fsp3) is 0.550.